The maximum Gasteiger partial charge on any atom is 0.141 e. The van der Waals surface area contributed by atoms with Crippen LogP contribution in [-0.4, -0.2) is 9.97 Å². The van der Waals surface area contributed by atoms with Gasteiger partial charge in [-0.3, -0.25) is 4.98 Å². The smallest absolute Gasteiger partial charge is 0.141 e. The Balaban J connectivity index is 2.75. The fraction of sp³-hybridized carbons (Fsp3) is 0. The lowest BCUT2D eigenvalue weighted by atomic mass is 10.2. The summed E-state index contributed by atoms with van der Waals surface area (Å²) >= 11 is 0. The summed E-state index contributed by atoms with van der Waals surface area (Å²) in [7, 11) is 0. The van der Waals surface area contributed by atoms with Crippen LogP contribution in [0.5, 0.6) is 0 Å². The molecule has 4 heteroatoms. The van der Waals surface area contributed by atoms with Crippen molar-refractivity contribution >= 4 is 11.0 Å². The summed E-state index contributed by atoms with van der Waals surface area (Å²) in [6, 6.07) is 8.83. The highest BCUT2D eigenvalue weighted by molar-refractivity contribution is 5.75. The van der Waals surface area contributed by atoms with Crippen molar-refractivity contribution in [2.24, 2.45) is 0 Å². The van der Waals surface area contributed by atoms with Crippen molar-refractivity contribution in [1.82, 2.24) is 9.97 Å². The number of aromatic nitrogens is 2. The van der Waals surface area contributed by atoms with Crippen LogP contribution in [0.3, 0.4) is 0 Å². The number of nitrogens with zero attached hydrogens (tertiary/aromatic N) is 4. The Kier molecular flexibility index (Phi) is 1.82. The third-order valence-electron chi connectivity index (χ3n) is 1.78. The minimum atomic E-state index is 0.328. The predicted octanol–water partition coefficient (Wildman–Crippen LogP) is 1.37. The van der Waals surface area contributed by atoms with Crippen LogP contribution in [0, 0.1) is 22.7 Å². The number of pyridine rings is 2. The third-order valence-corrected chi connectivity index (χ3v) is 1.78. The first-order valence-corrected chi connectivity index (χ1v) is 3.90. The predicted molar refractivity (Wildman–Crippen MR) is 49.0 cm³/mol. The van der Waals surface area contributed by atoms with E-state index in [4.69, 9.17) is 10.5 Å². The fourth-order valence-electron chi connectivity index (χ4n) is 1.13. The van der Waals surface area contributed by atoms with Gasteiger partial charge in [-0.25, -0.2) is 4.98 Å². The molecule has 0 aliphatic rings. The molecule has 64 valence electrons. The second-order valence-electron chi connectivity index (χ2n) is 2.68. The van der Waals surface area contributed by atoms with Crippen LogP contribution >= 0.6 is 0 Å². The molecule has 2 aromatic rings. The zero-order chi connectivity index (χ0) is 9.97. The van der Waals surface area contributed by atoms with Crippen LogP contribution in [0.15, 0.2) is 24.4 Å². The highest BCUT2D eigenvalue weighted by atomic mass is 14.8. The zero-order valence-electron chi connectivity index (χ0n) is 7.10. The van der Waals surface area contributed by atoms with Gasteiger partial charge in [-0.05, 0) is 18.2 Å². The Morgan fingerprint density at radius 3 is 2.64 bits per heavy atom. The summed E-state index contributed by atoms with van der Waals surface area (Å²) < 4.78 is 0. The highest BCUT2D eigenvalue weighted by Gasteiger charge is 1.99. The van der Waals surface area contributed by atoms with Gasteiger partial charge in [0.25, 0.3) is 0 Å². The van der Waals surface area contributed by atoms with E-state index in [2.05, 4.69) is 9.97 Å². The summed E-state index contributed by atoms with van der Waals surface area (Å²) in [5, 5.41) is 17.3. The lowest BCUT2D eigenvalue weighted by molar-refractivity contribution is 1.28. The second kappa shape index (κ2) is 3.12. The standard InChI is InChI=1S/C10H4N4/c11-4-7-3-10-9(13-6-7)2-1-8(5-12)14-10/h1-3,6H. The molecule has 0 saturated carbocycles. The maximum atomic E-state index is 8.64. The van der Waals surface area contributed by atoms with Gasteiger partial charge in [0.2, 0.25) is 0 Å². The normalized spacial score (nSPS) is 9.29. The number of nitriles is 2. The van der Waals surface area contributed by atoms with Crippen LogP contribution in [0.4, 0.5) is 0 Å². The summed E-state index contributed by atoms with van der Waals surface area (Å²) in [4.78, 5) is 8.06. The molecule has 0 N–H and O–H groups in total. The molecule has 0 aliphatic carbocycles. The molecule has 0 fully saturated rings. The molecule has 2 heterocycles. The SMILES string of the molecule is N#Cc1cnc2ccc(C#N)nc2c1. The summed E-state index contributed by atoms with van der Waals surface area (Å²) in [6.45, 7) is 0. The molecule has 2 rings (SSSR count). The maximum absolute atomic E-state index is 8.64. The Labute approximate surface area is 80.1 Å². The van der Waals surface area contributed by atoms with E-state index < -0.39 is 0 Å². The van der Waals surface area contributed by atoms with Gasteiger partial charge in [-0.2, -0.15) is 10.5 Å². The minimum Gasteiger partial charge on any atom is -0.253 e. The first kappa shape index (κ1) is 8.15. The molecule has 0 atom stereocenters. The molecule has 0 aromatic carbocycles. The Hall–Kier alpha value is -2.46. The number of hydrogen-bond acceptors (Lipinski definition) is 4. The molecule has 4 nitrogen and oxygen atoms in total. The molecule has 0 aliphatic heterocycles. The molecular formula is C10H4N4. The van der Waals surface area contributed by atoms with Gasteiger partial charge in [-0.15, -0.1) is 0 Å². The Morgan fingerprint density at radius 1 is 1.07 bits per heavy atom. The molecule has 0 saturated heterocycles. The first-order chi connectivity index (χ1) is 6.83. The first-order valence-electron chi connectivity index (χ1n) is 3.90. The lowest BCUT2D eigenvalue weighted by Gasteiger charge is -1.96. The molecule has 2 aromatic heterocycles. The van der Waals surface area contributed by atoms with E-state index in [1.54, 1.807) is 18.2 Å². The van der Waals surface area contributed by atoms with Gasteiger partial charge >= 0.3 is 0 Å². The Morgan fingerprint density at radius 2 is 1.93 bits per heavy atom. The van der Waals surface area contributed by atoms with Crippen molar-refractivity contribution in [3.63, 3.8) is 0 Å². The molecule has 14 heavy (non-hydrogen) atoms. The van der Waals surface area contributed by atoms with E-state index >= 15 is 0 Å². The topological polar surface area (TPSA) is 73.4 Å². The van der Waals surface area contributed by atoms with Crippen molar-refractivity contribution in [2.45, 2.75) is 0 Å². The third kappa shape index (κ3) is 1.26. The van der Waals surface area contributed by atoms with E-state index in [-0.39, 0.29) is 0 Å². The van der Waals surface area contributed by atoms with Crippen molar-refractivity contribution in [1.29, 1.82) is 10.5 Å². The van der Waals surface area contributed by atoms with Gasteiger partial charge in [0.15, 0.2) is 0 Å². The highest BCUT2D eigenvalue weighted by Crippen LogP contribution is 2.10. The van der Waals surface area contributed by atoms with Gasteiger partial charge < -0.3 is 0 Å². The number of hydrogen-bond donors (Lipinski definition) is 0. The number of rotatable bonds is 0. The van der Waals surface area contributed by atoms with Gasteiger partial charge in [-0.1, -0.05) is 0 Å². The number of fused-ring (bicyclic) bond motifs is 1. The van der Waals surface area contributed by atoms with E-state index in [1.807, 2.05) is 12.1 Å². The molecule has 0 spiro atoms. The molecule has 0 bridgehead atoms. The molecule has 0 unspecified atom stereocenters. The molecule has 0 radical (unpaired) electrons. The molecule has 0 amide bonds. The van der Waals surface area contributed by atoms with Gasteiger partial charge in [0.05, 0.1) is 16.6 Å². The van der Waals surface area contributed by atoms with Crippen LogP contribution in [-0.2, 0) is 0 Å². The van der Waals surface area contributed by atoms with E-state index in [9.17, 15) is 0 Å². The summed E-state index contributed by atoms with van der Waals surface area (Å²) in [5.74, 6) is 0. The van der Waals surface area contributed by atoms with Crippen molar-refractivity contribution in [3.8, 4) is 12.1 Å². The average Bonchev–Trinajstić information content (AvgIpc) is 2.27. The summed E-state index contributed by atoms with van der Waals surface area (Å²) in [6.07, 6.45) is 1.48. The van der Waals surface area contributed by atoms with Crippen molar-refractivity contribution in [3.05, 3.63) is 35.7 Å². The van der Waals surface area contributed by atoms with Crippen LogP contribution in [0.25, 0.3) is 11.0 Å². The minimum absolute atomic E-state index is 0.328. The lowest BCUT2D eigenvalue weighted by Crippen LogP contribution is -1.87. The Bertz CT molecular complexity index is 526. The van der Waals surface area contributed by atoms with Crippen LogP contribution in [0.1, 0.15) is 11.3 Å². The van der Waals surface area contributed by atoms with E-state index in [1.165, 1.54) is 6.20 Å². The largest absolute Gasteiger partial charge is 0.253 e. The average molecular weight is 180 g/mol. The second-order valence-corrected chi connectivity index (χ2v) is 2.68. The molecular weight excluding hydrogens is 176 g/mol. The fourth-order valence-corrected chi connectivity index (χ4v) is 1.13. The summed E-state index contributed by atoms with van der Waals surface area (Å²) in [5.41, 5.74) is 2.03. The monoisotopic (exact) mass is 180 g/mol. The van der Waals surface area contributed by atoms with Gasteiger partial charge in [0, 0.05) is 6.20 Å². The van der Waals surface area contributed by atoms with E-state index in [0.29, 0.717) is 22.3 Å². The zero-order valence-corrected chi connectivity index (χ0v) is 7.10. The van der Waals surface area contributed by atoms with Crippen LogP contribution < -0.4 is 0 Å². The van der Waals surface area contributed by atoms with Gasteiger partial charge in [0.1, 0.15) is 17.8 Å². The van der Waals surface area contributed by atoms with Crippen LogP contribution in [0.2, 0.25) is 0 Å². The quantitative estimate of drug-likeness (QED) is 0.613. The van der Waals surface area contributed by atoms with Crippen molar-refractivity contribution in [2.75, 3.05) is 0 Å². The van der Waals surface area contributed by atoms with E-state index in [0.717, 1.165) is 0 Å². The van der Waals surface area contributed by atoms with Crippen molar-refractivity contribution < 1.29 is 0 Å².